The van der Waals surface area contributed by atoms with Crippen molar-refractivity contribution in [2.24, 2.45) is 7.05 Å². The molecule has 0 spiro atoms. The average molecular weight is 413 g/mol. The Hall–Kier alpha value is -2.89. The number of hydrogen-bond donors (Lipinski definition) is 0. The fraction of sp³-hybridized carbons (Fsp3) is 0.458. The average Bonchev–Trinajstić information content (AvgIpc) is 2.98. The lowest BCUT2D eigenvalue weighted by atomic mass is 9.99. The fourth-order valence-electron chi connectivity index (χ4n) is 3.84. The number of aryl methyl sites for hydroxylation is 1. The summed E-state index contributed by atoms with van der Waals surface area (Å²) >= 11 is 0. The molecule has 1 heterocycles. The Labute approximate surface area is 178 Å². The first kappa shape index (κ1) is 23.4. The van der Waals surface area contributed by atoms with Gasteiger partial charge in [-0.05, 0) is 56.9 Å². The van der Waals surface area contributed by atoms with E-state index in [0.717, 1.165) is 18.4 Å². The summed E-state index contributed by atoms with van der Waals surface area (Å²) in [6, 6.07) is 6.86. The summed E-state index contributed by atoms with van der Waals surface area (Å²) in [6.07, 6.45) is 1.63. The normalized spacial score (nSPS) is 11.8. The molecular formula is C24H32N2O4. The maximum atomic E-state index is 13.5. The van der Waals surface area contributed by atoms with Crippen molar-refractivity contribution in [3.63, 3.8) is 0 Å². The van der Waals surface area contributed by atoms with Crippen LogP contribution in [-0.4, -0.2) is 46.8 Å². The van der Waals surface area contributed by atoms with Gasteiger partial charge in [0, 0.05) is 30.4 Å². The third kappa shape index (κ3) is 4.32. The fourth-order valence-corrected chi connectivity index (χ4v) is 3.84. The molecule has 6 heteroatoms. The number of rotatable bonds is 8. The Kier molecular flexibility index (Phi) is 7.59. The summed E-state index contributed by atoms with van der Waals surface area (Å²) in [6.45, 7) is 9.81. The molecule has 0 fully saturated rings. The van der Waals surface area contributed by atoms with Gasteiger partial charge in [-0.25, -0.2) is 4.79 Å². The minimum absolute atomic E-state index is 0.167. The quantitative estimate of drug-likeness (QED) is 0.483. The number of hydrogen-bond acceptors (Lipinski definition) is 4. The van der Waals surface area contributed by atoms with E-state index in [1.807, 2.05) is 31.2 Å². The standard InChI is InChI=1S/C24H32N2O4/c1-8-14-26(23(28)19-12-10-18(9-2)11-13-19)17(5)22(27)20-15(3)21(24(29)30-7)25(6)16(20)4/h10-13,17H,8-9,14H2,1-7H3/t17-/m0/s1. The summed E-state index contributed by atoms with van der Waals surface area (Å²) in [5.74, 6) is -0.829. The van der Waals surface area contributed by atoms with Crippen LogP contribution in [0.2, 0.25) is 0 Å². The van der Waals surface area contributed by atoms with Crippen LogP contribution >= 0.6 is 0 Å². The minimum Gasteiger partial charge on any atom is -0.464 e. The van der Waals surface area contributed by atoms with Crippen molar-refractivity contribution in [1.82, 2.24) is 9.47 Å². The maximum Gasteiger partial charge on any atom is 0.354 e. The maximum absolute atomic E-state index is 13.5. The van der Waals surface area contributed by atoms with Gasteiger partial charge >= 0.3 is 5.97 Å². The van der Waals surface area contributed by atoms with Crippen molar-refractivity contribution in [1.29, 1.82) is 0 Å². The monoisotopic (exact) mass is 412 g/mol. The molecule has 0 aliphatic rings. The number of carbonyl (C=O) groups excluding carboxylic acids is 3. The number of Topliss-reactive ketones (excluding diaryl/α,β-unsaturated/α-hetero) is 1. The zero-order valence-corrected chi connectivity index (χ0v) is 19.0. The second-order valence-corrected chi connectivity index (χ2v) is 7.57. The summed E-state index contributed by atoms with van der Waals surface area (Å²) < 4.78 is 6.55. The van der Waals surface area contributed by atoms with E-state index in [1.165, 1.54) is 7.11 Å². The Morgan fingerprint density at radius 3 is 2.20 bits per heavy atom. The van der Waals surface area contributed by atoms with Gasteiger partial charge in [-0.15, -0.1) is 0 Å². The lowest BCUT2D eigenvalue weighted by Crippen LogP contribution is -2.44. The number of nitrogens with zero attached hydrogens (tertiary/aromatic N) is 2. The van der Waals surface area contributed by atoms with Crippen LogP contribution in [0.25, 0.3) is 0 Å². The Morgan fingerprint density at radius 1 is 1.10 bits per heavy atom. The number of ether oxygens (including phenoxy) is 1. The van der Waals surface area contributed by atoms with E-state index in [1.54, 1.807) is 37.3 Å². The molecule has 0 N–H and O–H groups in total. The number of carbonyl (C=O) groups is 3. The summed E-state index contributed by atoms with van der Waals surface area (Å²) in [5.41, 5.74) is 3.81. The van der Waals surface area contributed by atoms with Gasteiger partial charge in [-0.3, -0.25) is 9.59 Å². The Morgan fingerprint density at radius 2 is 1.70 bits per heavy atom. The van der Waals surface area contributed by atoms with Crippen LogP contribution < -0.4 is 0 Å². The molecule has 1 aromatic carbocycles. The van der Waals surface area contributed by atoms with Crippen molar-refractivity contribution in [3.05, 3.63) is 57.9 Å². The number of ketones is 1. The molecule has 1 aromatic heterocycles. The van der Waals surface area contributed by atoms with E-state index >= 15 is 0 Å². The van der Waals surface area contributed by atoms with Gasteiger partial charge in [0.1, 0.15) is 5.69 Å². The van der Waals surface area contributed by atoms with Gasteiger partial charge < -0.3 is 14.2 Å². The van der Waals surface area contributed by atoms with Gasteiger partial charge in [0.25, 0.3) is 5.91 Å². The van der Waals surface area contributed by atoms with Crippen LogP contribution in [0.3, 0.4) is 0 Å². The van der Waals surface area contributed by atoms with Crippen LogP contribution in [0, 0.1) is 13.8 Å². The van der Waals surface area contributed by atoms with Gasteiger partial charge in [0.15, 0.2) is 5.78 Å². The molecule has 1 atom stereocenters. The number of amides is 1. The first-order valence-corrected chi connectivity index (χ1v) is 10.4. The van der Waals surface area contributed by atoms with E-state index in [4.69, 9.17) is 4.74 Å². The van der Waals surface area contributed by atoms with Crippen LogP contribution in [0.4, 0.5) is 0 Å². The first-order valence-electron chi connectivity index (χ1n) is 10.4. The molecule has 2 rings (SSSR count). The van der Waals surface area contributed by atoms with E-state index < -0.39 is 12.0 Å². The lowest BCUT2D eigenvalue weighted by molar-refractivity contribution is 0.0588. The smallest absolute Gasteiger partial charge is 0.354 e. The van der Waals surface area contributed by atoms with Gasteiger partial charge in [-0.2, -0.15) is 0 Å². The predicted octanol–water partition coefficient (Wildman–Crippen LogP) is 4.11. The van der Waals surface area contributed by atoms with Gasteiger partial charge in [0.05, 0.1) is 13.2 Å². The summed E-state index contributed by atoms with van der Waals surface area (Å²) in [5, 5.41) is 0. The SMILES string of the molecule is CCCN(C(=O)c1ccc(CC)cc1)[C@@H](C)C(=O)c1c(C)c(C(=O)OC)n(C)c1C. The van der Waals surface area contributed by atoms with Crippen molar-refractivity contribution in [2.75, 3.05) is 13.7 Å². The molecule has 0 aliphatic heterocycles. The molecule has 0 saturated carbocycles. The molecule has 0 aliphatic carbocycles. The van der Waals surface area contributed by atoms with E-state index in [-0.39, 0.29) is 11.7 Å². The third-order valence-electron chi connectivity index (χ3n) is 5.74. The number of methoxy groups -OCH3 is 1. The molecule has 1 amide bonds. The van der Waals surface area contributed by atoms with Crippen molar-refractivity contribution in [3.8, 4) is 0 Å². The molecule has 0 radical (unpaired) electrons. The van der Waals surface area contributed by atoms with Crippen LogP contribution in [0.1, 0.15) is 75.2 Å². The van der Waals surface area contributed by atoms with Crippen molar-refractivity contribution >= 4 is 17.7 Å². The van der Waals surface area contributed by atoms with E-state index in [2.05, 4.69) is 6.92 Å². The van der Waals surface area contributed by atoms with Crippen LogP contribution in [0.5, 0.6) is 0 Å². The van der Waals surface area contributed by atoms with Crippen LogP contribution in [-0.2, 0) is 18.2 Å². The lowest BCUT2D eigenvalue weighted by Gasteiger charge is -2.28. The zero-order valence-electron chi connectivity index (χ0n) is 19.0. The Bertz CT molecular complexity index is 941. The van der Waals surface area contributed by atoms with Crippen molar-refractivity contribution < 1.29 is 19.1 Å². The molecular weight excluding hydrogens is 380 g/mol. The van der Waals surface area contributed by atoms with Gasteiger partial charge in [-0.1, -0.05) is 26.0 Å². The highest BCUT2D eigenvalue weighted by molar-refractivity contribution is 6.07. The minimum atomic E-state index is -0.659. The molecule has 0 bridgehead atoms. The highest BCUT2D eigenvalue weighted by Crippen LogP contribution is 2.25. The predicted molar refractivity (Wildman–Crippen MR) is 117 cm³/mol. The number of esters is 1. The highest BCUT2D eigenvalue weighted by atomic mass is 16.5. The number of aromatic nitrogens is 1. The van der Waals surface area contributed by atoms with Crippen LogP contribution in [0.15, 0.2) is 24.3 Å². The largest absolute Gasteiger partial charge is 0.464 e. The highest BCUT2D eigenvalue weighted by Gasteiger charge is 2.32. The molecule has 162 valence electrons. The van der Waals surface area contributed by atoms with Crippen molar-refractivity contribution in [2.45, 2.75) is 53.5 Å². The second kappa shape index (κ2) is 9.74. The van der Waals surface area contributed by atoms with E-state index in [0.29, 0.717) is 34.6 Å². The molecule has 0 saturated heterocycles. The Balaban J connectivity index is 2.42. The summed E-state index contributed by atoms with van der Waals surface area (Å²) in [4.78, 5) is 40.5. The topological polar surface area (TPSA) is 68.6 Å². The molecule has 30 heavy (non-hydrogen) atoms. The summed E-state index contributed by atoms with van der Waals surface area (Å²) in [7, 11) is 3.06. The number of benzene rings is 1. The molecule has 0 unspecified atom stereocenters. The first-order chi connectivity index (χ1) is 14.2. The van der Waals surface area contributed by atoms with E-state index in [9.17, 15) is 14.4 Å². The van der Waals surface area contributed by atoms with Gasteiger partial charge in [0.2, 0.25) is 0 Å². The zero-order chi connectivity index (χ0) is 22.6. The second-order valence-electron chi connectivity index (χ2n) is 7.57. The molecule has 6 nitrogen and oxygen atoms in total. The molecule has 2 aromatic rings. The third-order valence-corrected chi connectivity index (χ3v) is 5.74.